The summed E-state index contributed by atoms with van der Waals surface area (Å²) in [7, 11) is 0. The molecule has 1 fully saturated rings. The standard InChI is InChI=1S/C18H28O12/c1-9(2)7-25-17(23)29-13-5-11(27-15(19)20)12(28-16(21)22)6-14(13)30-18(24)26-8-10(3)4/h9-14H,5-8H2,1-4H3,(H,19,20)(H,21,22). The first-order valence-corrected chi connectivity index (χ1v) is 9.43. The molecule has 0 amide bonds. The van der Waals surface area contributed by atoms with E-state index in [1.807, 2.05) is 27.7 Å². The summed E-state index contributed by atoms with van der Waals surface area (Å²) in [6.07, 6.45) is -11.0. The molecule has 0 bridgehead atoms. The van der Waals surface area contributed by atoms with E-state index in [1.54, 1.807) is 0 Å². The number of carbonyl (C=O) groups is 4. The lowest BCUT2D eigenvalue weighted by Gasteiger charge is -2.37. The van der Waals surface area contributed by atoms with Crippen LogP contribution in [0.5, 0.6) is 0 Å². The van der Waals surface area contributed by atoms with Gasteiger partial charge in [0.2, 0.25) is 0 Å². The monoisotopic (exact) mass is 436 g/mol. The van der Waals surface area contributed by atoms with Crippen LogP contribution in [0, 0.1) is 11.8 Å². The second-order valence-corrected chi connectivity index (χ2v) is 7.54. The number of carboxylic acid groups (broad SMARTS) is 2. The molecule has 4 atom stereocenters. The Bertz CT molecular complexity index is 550. The van der Waals surface area contributed by atoms with Crippen LogP contribution in [0.1, 0.15) is 40.5 Å². The maximum Gasteiger partial charge on any atom is 0.508 e. The average molecular weight is 436 g/mol. The zero-order chi connectivity index (χ0) is 22.8. The fraction of sp³-hybridized carbons (Fsp3) is 0.778. The third-order valence-electron chi connectivity index (χ3n) is 3.83. The van der Waals surface area contributed by atoms with Gasteiger partial charge in [-0.2, -0.15) is 0 Å². The number of hydrogen-bond donors (Lipinski definition) is 2. The number of rotatable bonds is 8. The van der Waals surface area contributed by atoms with Crippen LogP contribution in [0.2, 0.25) is 0 Å². The Morgan fingerprint density at radius 1 is 0.667 bits per heavy atom. The predicted molar refractivity (Wildman–Crippen MR) is 97.1 cm³/mol. The topological polar surface area (TPSA) is 164 Å². The van der Waals surface area contributed by atoms with Crippen LogP contribution in [0.4, 0.5) is 19.2 Å². The molecule has 0 saturated heterocycles. The summed E-state index contributed by atoms with van der Waals surface area (Å²) in [5, 5.41) is 17.8. The molecular formula is C18H28O12. The van der Waals surface area contributed by atoms with Crippen LogP contribution in [-0.2, 0) is 28.4 Å². The summed E-state index contributed by atoms with van der Waals surface area (Å²) in [6, 6.07) is 0. The summed E-state index contributed by atoms with van der Waals surface area (Å²) in [5.41, 5.74) is 0. The summed E-state index contributed by atoms with van der Waals surface area (Å²) in [5.74, 6) is 0.0804. The van der Waals surface area contributed by atoms with Gasteiger partial charge in [-0.25, -0.2) is 19.2 Å². The van der Waals surface area contributed by atoms with Crippen LogP contribution in [-0.4, -0.2) is 72.5 Å². The minimum Gasteiger partial charge on any atom is -0.450 e. The molecule has 0 heterocycles. The zero-order valence-electron chi connectivity index (χ0n) is 17.3. The highest BCUT2D eigenvalue weighted by Crippen LogP contribution is 2.30. The molecule has 4 unspecified atom stereocenters. The second-order valence-electron chi connectivity index (χ2n) is 7.54. The van der Waals surface area contributed by atoms with Gasteiger partial charge in [-0.1, -0.05) is 27.7 Å². The zero-order valence-corrected chi connectivity index (χ0v) is 17.3. The number of ether oxygens (including phenoxy) is 6. The highest BCUT2D eigenvalue weighted by molar-refractivity contribution is 5.62. The van der Waals surface area contributed by atoms with Crippen molar-refractivity contribution in [1.29, 1.82) is 0 Å². The van der Waals surface area contributed by atoms with Crippen LogP contribution in [0.25, 0.3) is 0 Å². The third kappa shape index (κ3) is 9.52. The van der Waals surface area contributed by atoms with Crippen molar-refractivity contribution in [2.24, 2.45) is 11.8 Å². The van der Waals surface area contributed by atoms with E-state index in [-0.39, 0.29) is 37.9 Å². The smallest absolute Gasteiger partial charge is 0.450 e. The minimum absolute atomic E-state index is 0.0402. The quantitative estimate of drug-likeness (QED) is 0.422. The maximum atomic E-state index is 12.0. The molecule has 1 aliphatic rings. The van der Waals surface area contributed by atoms with E-state index in [0.717, 1.165) is 0 Å². The molecule has 1 saturated carbocycles. The van der Waals surface area contributed by atoms with Crippen LogP contribution < -0.4 is 0 Å². The van der Waals surface area contributed by atoms with E-state index < -0.39 is 49.0 Å². The third-order valence-corrected chi connectivity index (χ3v) is 3.83. The molecule has 172 valence electrons. The molecular weight excluding hydrogens is 408 g/mol. The number of hydrogen-bond acceptors (Lipinski definition) is 10. The van der Waals surface area contributed by atoms with E-state index in [0.29, 0.717) is 0 Å². The Morgan fingerprint density at radius 2 is 0.967 bits per heavy atom. The summed E-state index contributed by atoms with van der Waals surface area (Å²) in [6.45, 7) is 7.41. The van der Waals surface area contributed by atoms with Crippen molar-refractivity contribution in [3.63, 3.8) is 0 Å². The van der Waals surface area contributed by atoms with Crippen LogP contribution in [0.15, 0.2) is 0 Å². The lowest BCUT2D eigenvalue weighted by Crippen LogP contribution is -2.51. The van der Waals surface area contributed by atoms with Crippen LogP contribution >= 0.6 is 0 Å². The molecule has 0 aromatic carbocycles. The van der Waals surface area contributed by atoms with Gasteiger partial charge in [-0.15, -0.1) is 0 Å². The normalized spacial score (nSPS) is 23.4. The fourth-order valence-corrected chi connectivity index (χ4v) is 2.60. The van der Waals surface area contributed by atoms with Crippen molar-refractivity contribution in [2.45, 2.75) is 65.0 Å². The largest absolute Gasteiger partial charge is 0.508 e. The van der Waals surface area contributed by atoms with Gasteiger partial charge in [0.1, 0.15) is 24.4 Å². The Balaban J connectivity index is 2.93. The first kappa shape index (κ1) is 25.1. The molecule has 1 aliphatic carbocycles. The van der Waals surface area contributed by atoms with E-state index in [9.17, 15) is 19.2 Å². The average Bonchev–Trinajstić information content (AvgIpc) is 2.60. The molecule has 0 aliphatic heterocycles. The number of carbonyl (C=O) groups excluding carboxylic acids is 2. The summed E-state index contributed by atoms with van der Waals surface area (Å²) < 4.78 is 29.6. The van der Waals surface area contributed by atoms with Crippen molar-refractivity contribution in [2.75, 3.05) is 13.2 Å². The van der Waals surface area contributed by atoms with Gasteiger partial charge in [-0.05, 0) is 11.8 Å². The highest BCUT2D eigenvalue weighted by atomic mass is 16.8. The van der Waals surface area contributed by atoms with Crippen molar-refractivity contribution in [3.05, 3.63) is 0 Å². The van der Waals surface area contributed by atoms with Gasteiger partial charge >= 0.3 is 24.6 Å². The van der Waals surface area contributed by atoms with Gasteiger partial charge in [0, 0.05) is 12.8 Å². The predicted octanol–water partition coefficient (Wildman–Crippen LogP) is 3.26. The van der Waals surface area contributed by atoms with E-state index >= 15 is 0 Å². The lowest BCUT2D eigenvalue weighted by molar-refractivity contribution is -0.139. The Morgan fingerprint density at radius 3 is 1.23 bits per heavy atom. The molecule has 2 N–H and O–H groups in total. The fourth-order valence-electron chi connectivity index (χ4n) is 2.60. The maximum absolute atomic E-state index is 12.0. The molecule has 0 aromatic heterocycles. The molecule has 0 radical (unpaired) electrons. The van der Waals surface area contributed by atoms with Crippen molar-refractivity contribution in [3.8, 4) is 0 Å². The Labute approximate surface area is 173 Å². The van der Waals surface area contributed by atoms with E-state index in [2.05, 4.69) is 9.47 Å². The highest BCUT2D eigenvalue weighted by Gasteiger charge is 2.46. The van der Waals surface area contributed by atoms with E-state index in [4.69, 9.17) is 29.2 Å². The molecule has 12 heteroatoms. The molecule has 0 spiro atoms. The van der Waals surface area contributed by atoms with Crippen molar-refractivity contribution in [1.82, 2.24) is 0 Å². The van der Waals surface area contributed by atoms with Crippen molar-refractivity contribution >= 4 is 24.6 Å². The Kier molecular flexibility index (Phi) is 9.99. The van der Waals surface area contributed by atoms with Gasteiger partial charge in [0.15, 0.2) is 0 Å². The summed E-state index contributed by atoms with van der Waals surface area (Å²) >= 11 is 0. The van der Waals surface area contributed by atoms with Gasteiger partial charge in [0.25, 0.3) is 0 Å². The molecule has 0 aromatic rings. The Hall–Kier alpha value is -2.92. The van der Waals surface area contributed by atoms with Crippen molar-refractivity contribution < 1.29 is 57.8 Å². The van der Waals surface area contributed by atoms with Gasteiger partial charge in [0.05, 0.1) is 13.2 Å². The van der Waals surface area contributed by atoms with Gasteiger partial charge in [-0.3, -0.25) is 0 Å². The minimum atomic E-state index is -1.67. The lowest BCUT2D eigenvalue weighted by atomic mass is 9.89. The molecule has 12 nitrogen and oxygen atoms in total. The van der Waals surface area contributed by atoms with E-state index in [1.165, 1.54) is 0 Å². The first-order chi connectivity index (χ1) is 14.0. The second kappa shape index (κ2) is 11.9. The molecule has 30 heavy (non-hydrogen) atoms. The summed E-state index contributed by atoms with van der Waals surface area (Å²) in [4.78, 5) is 45.8. The van der Waals surface area contributed by atoms with Gasteiger partial charge < -0.3 is 38.6 Å². The SMILES string of the molecule is CC(C)COC(=O)OC1CC(OC(=O)O)C(OC(=O)O)CC1OC(=O)OCC(C)C. The molecule has 1 rings (SSSR count). The first-order valence-electron chi connectivity index (χ1n) is 9.43. The van der Waals surface area contributed by atoms with Crippen LogP contribution in [0.3, 0.4) is 0 Å².